The highest BCUT2D eigenvalue weighted by molar-refractivity contribution is 5.96. The Morgan fingerprint density at radius 3 is 2.69 bits per heavy atom. The third-order valence-corrected chi connectivity index (χ3v) is 6.37. The maximum Gasteiger partial charge on any atom is 0.257 e. The van der Waals surface area contributed by atoms with Gasteiger partial charge in [0.25, 0.3) is 5.91 Å². The first-order chi connectivity index (χ1) is 15.7. The third kappa shape index (κ3) is 4.17. The smallest absolute Gasteiger partial charge is 0.257 e. The lowest BCUT2D eigenvalue weighted by molar-refractivity contribution is -0.121. The second-order valence-corrected chi connectivity index (χ2v) is 8.57. The number of aromatic nitrogens is 3. The van der Waals surface area contributed by atoms with Crippen LogP contribution in [0.5, 0.6) is 0 Å². The number of aryl methyl sites for hydroxylation is 1. The van der Waals surface area contributed by atoms with Crippen molar-refractivity contribution >= 4 is 17.5 Å². The number of likely N-dealkylation sites (tertiary alicyclic amines) is 1. The maximum absolute atomic E-state index is 12.9. The number of anilines is 1. The lowest BCUT2D eigenvalue weighted by Crippen LogP contribution is -2.43. The molecule has 1 unspecified atom stereocenters. The van der Waals surface area contributed by atoms with Crippen LogP contribution in [0.1, 0.15) is 48.3 Å². The summed E-state index contributed by atoms with van der Waals surface area (Å²) in [7, 11) is 0. The highest BCUT2D eigenvalue weighted by atomic mass is 16.3. The molecule has 0 aliphatic carbocycles. The molecule has 0 radical (unpaired) electrons. The lowest BCUT2D eigenvalue weighted by atomic mass is 9.96. The number of nitrogens with one attached hydrogen (secondary N) is 1. The molecule has 0 spiro atoms. The average Bonchev–Trinajstić information content (AvgIpc) is 3.45. The van der Waals surface area contributed by atoms with Crippen molar-refractivity contribution in [3.63, 3.8) is 0 Å². The summed E-state index contributed by atoms with van der Waals surface area (Å²) in [5, 5.41) is 11.8. The van der Waals surface area contributed by atoms with E-state index in [0.717, 1.165) is 61.5 Å². The van der Waals surface area contributed by atoms with Crippen molar-refractivity contribution in [2.75, 3.05) is 18.4 Å². The number of amides is 2. The number of furan rings is 1. The van der Waals surface area contributed by atoms with Crippen LogP contribution in [0.3, 0.4) is 0 Å². The Bertz CT molecular complexity index is 1090. The van der Waals surface area contributed by atoms with Crippen LogP contribution in [0, 0.1) is 5.92 Å². The van der Waals surface area contributed by atoms with Crippen LogP contribution in [-0.4, -0.2) is 44.6 Å². The molecule has 1 N–H and O–H groups in total. The number of piperidine rings is 1. The van der Waals surface area contributed by atoms with Gasteiger partial charge in [-0.1, -0.05) is 6.42 Å². The van der Waals surface area contributed by atoms with Crippen molar-refractivity contribution in [1.29, 1.82) is 0 Å². The Labute approximate surface area is 186 Å². The zero-order chi connectivity index (χ0) is 21.9. The number of carbonyl (C=O) groups is 2. The van der Waals surface area contributed by atoms with Gasteiger partial charge >= 0.3 is 0 Å². The van der Waals surface area contributed by atoms with E-state index in [1.54, 1.807) is 11.0 Å². The molecule has 2 amide bonds. The largest absolute Gasteiger partial charge is 0.472 e. The van der Waals surface area contributed by atoms with E-state index in [-0.39, 0.29) is 17.7 Å². The number of benzene rings is 1. The predicted molar refractivity (Wildman–Crippen MR) is 119 cm³/mol. The molecule has 1 saturated heterocycles. The van der Waals surface area contributed by atoms with Crippen molar-refractivity contribution < 1.29 is 14.0 Å². The Kier molecular flexibility index (Phi) is 5.75. The quantitative estimate of drug-likeness (QED) is 0.676. The first-order valence-electron chi connectivity index (χ1n) is 11.3. The normalized spacial score (nSPS) is 18.6. The van der Waals surface area contributed by atoms with Gasteiger partial charge in [-0.3, -0.25) is 9.59 Å². The van der Waals surface area contributed by atoms with Crippen LogP contribution < -0.4 is 5.32 Å². The predicted octanol–water partition coefficient (Wildman–Crippen LogP) is 3.76. The van der Waals surface area contributed by atoms with Crippen molar-refractivity contribution in [3.05, 3.63) is 54.2 Å². The van der Waals surface area contributed by atoms with Gasteiger partial charge in [-0.05, 0) is 56.0 Å². The molecule has 166 valence electrons. The lowest BCUT2D eigenvalue weighted by Gasteiger charge is -2.31. The van der Waals surface area contributed by atoms with Crippen molar-refractivity contribution in [3.8, 4) is 11.4 Å². The molecule has 3 aromatic rings. The van der Waals surface area contributed by atoms with Crippen LogP contribution in [0.15, 0.2) is 47.3 Å². The molecule has 5 rings (SSSR count). The summed E-state index contributed by atoms with van der Waals surface area (Å²) >= 11 is 0. The topological polar surface area (TPSA) is 93.3 Å². The first-order valence-corrected chi connectivity index (χ1v) is 11.3. The molecule has 0 bridgehead atoms. The summed E-state index contributed by atoms with van der Waals surface area (Å²) < 4.78 is 7.23. The molecule has 8 nitrogen and oxygen atoms in total. The highest BCUT2D eigenvalue weighted by Crippen LogP contribution is 2.25. The molecular weight excluding hydrogens is 406 g/mol. The summed E-state index contributed by atoms with van der Waals surface area (Å²) in [5.41, 5.74) is 2.26. The van der Waals surface area contributed by atoms with Crippen LogP contribution >= 0.6 is 0 Å². The summed E-state index contributed by atoms with van der Waals surface area (Å²) in [6.07, 6.45) is 9.01. The maximum atomic E-state index is 12.9. The van der Waals surface area contributed by atoms with Gasteiger partial charge in [-0.2, -0.15) is 0 Å². The molecule has 1 aromatic carbocycles. The second kappa shape index (κ2) is 8.98. The monoisotopic (exact) mass is 433 g/mol. The number of hydrogen-bond acceptors (Lipinski definition) is 5. The fourth-order valence-electron chi connectivity index (χ4n) is 4.59. The van der Waals surface area contributed by atoms with E-state index in [1.807, 2.05) is 24.3 Å². The van der Waals surface area contributed by atoms with Gasteiger partial charge in [-0.15, -0.1) is 10.2 Å². The molecule has 1 fully saturated rings. The van der Waals surface area contributed by atoms with Crippen molar-refractivity contribution in [2.24, 2.45) is 5.92 Å². The molecule has 0 saturated carbocycles. The number of nitrogens with zero attached hydrogens (tertiary/aromatic N) is 4. The zero-order valence-corrected chi connectivity index (χ0v) is 18.0. The third-order valence-electron chi connectivity index (χ3n) is 6.37. The van der Waals surface area contributed by atoms with Crippen molar-refractivity contribution in [1.82, 2.24) is 19.7 Å². The van der Waals surface area contributed by atoms with Crippen LogP contribution in [-0.2, 0) is 17.8 Å². The van der Waals surface area contributed by atoms with E-state index in [4.69, 9.17) is 4.42 Å². The van der Waals surface area contributed by atoms with Crippen LogP contribution in [0.2, 0.25) is 0 Å². The fourth-order valence-corrected chi connectivity index (χ4v) is 4.59. The van der Waals surface area contributed by atoms with Gasteiger partial charge in [0.15, 0.2) is 5.82 Å². The summed E-state index contributed by atoms with van der Waals surface area (Å²) in [6.45, 7) is 2.02. The van der Waals surface area contributed by atoms with Gasteiger partial charge < -0.3 is 19.2 Å². The molecule has 1 atom stereocenters. The first kappa shape index (κ1) is 20.5. The van der Waals surface area contributed by atoms with E-state index in [9.17, 15) is 9.59 Å². The number of rotatable bonds is 4. The van der Waals surface area contributed by atoms with E-state index < -0.39 is 0 Å². The van der Waals surface area contributed by atoms with Crippen LogP contribution in [0.25, 0.3) is 11.4 Å². The minimum absolute atomic E-state index is 0.0567. The molecule has 8 heteroatoms. The summed E-state index contributed by atoms with van der Waals surface area (Å²) in [5.74, 6) is 1.57. The second-order valence-electron chi connectivity index (χ2n) is 8.57. The van der Waals surface area contributed by atoms with E-state index in [0.29, 0.717) is 18.7 Å². The number of hydrogen-bond donors (Lipinski definition) is 1. The average molecular weight is 434 g/mol. The fraction of sp³-hybridized carbons (Fsp3) is 0.417. The van der Waals surface area contributed by atoms with Gasteiger partial charge in [0.1, 0.15) is 12.1 Å². The highest BCUT2D eigenvalue weighted by Gasteiger charge is 2.29. The molecule has 2 aromatic heterocycles. The van der Waals surface area contributed by atoms with E-state index in [1.165, 1.54) is 18.9 Å². The van der Waals surface area contributed by atoms with Gasteiger partial charge in [0.2, 0.25) is 5.91 Å². The molecule has 2 aliphatic heterocycles. The Balaban J connectivity index is 1.23. The Morgan fingerprint density at radius 1 is 1.00 bits per heavy atom. The SMILES string of the molecule is O=C(Nc1ccc(-c2nnc3n2CCCCC3)cc1)C1CCCN(C(=O)c2ccoc2)C1. The minimum atomic E-state index is -0.230. The van der Waals surface area contributed by atoms with E-state index >= 15 is 0 Å². The number of carbonyl (C=O) groups excluding carboxylic acids is 2. The Hall–Kier alpha value is -3.42. The molecule has 4 heterocycles. The zero-order valence-electron chi connectivity index (χ0n) is 18.0. The van der Waals surface area contributed by atoms with Gasteiger partial charge in [-0.25, -0.2) is 0 Å². The minimum Gasteiger partial charge on any atom is -0.472 e. The Morgan fingerprint density at radius 2 is 1.88 bits per heavy atom. The standard InChI is InChI=1S/C24H27N5O3/c30-23(18-5-4-12-28(15-18)24(31)19-11-14-32-16-19)25-20-9-7-17(8-10-20)22-27-26-21-6-2-1-3-13-29(21)22/h7-11,14,16,18H,1-6,12-13,15H2,(H,25,30). The summed E-state index contributed by atoms with van der Waals surface area (Å²) in [4.78, 5) is 27.2. The molecule has 32 heavy (non-hydrogen) atoms. The van der Waals surface area contributed by atoms with Crippen molar-refractivity contribution in [2.45, 2.75) is 45.1 Å². The van der Waals surface area contributed by atoms with Gasteiger partial charge in [0.05, 0.1) is 17.7 Å². The van der Waals surface area contributed by atoms with Crippen LogP contribution in [0.4, 0.5) is 5.69 Å². The number of fused-ring (bicyclic) bond motifs is 1. The van der Waals surface area contributed by atoms with E-state index in [2.05, 4.69) is 20.1 Å². The molecule has 2 aliphatic rings. The summed E-state index contributed by atoms with van der Waals surface area (Å²) in [6, 6.07) is 9.42. The van der Waals surface area contributed by atoms with Gasteiger partial charge in [0, 0.05) is 37.3 Å². The molecular formula is C24H27N5O3.